The molecule has 0 spiro atoms. The lowest BCUT2D eigenvalue weighted by Crippen LogP contribution is -2.25. The van der Waals surface area contributed by atoms with Crippen LogP contribution in [0, 0.1) is 11.8 Å². The van der Waals surface area contributed by atoms with Crippen LogP contribution in [0.1, 0.15) is 56.6 Å². The first-order chi connectivity index (χ1) is 12.8. The summed E-state index contributed by atoms with van der Waals surface area (Å²) in [5.74, 6) is -1.21. The SMILES string of the molecule is C=Cc1ncc(N)cc1/C=C(\C)CC(c1nn[nH]n1)C(CC(C)C)C(=O)O. The topological polar surface area (TPSA) is 131 Å². The molecule has 0 saturated heterocycles. The van der Waals surface area contributed by atoms with E-state index in [0.717, 1.165) is 16.8 Å². The molecule has 2 aromatic heterocycles. The molecular weight excluding hydrogens is 344 g/mol. The lowest BCUT2D eigenvalue weighted by Gasteiger charge is -2.23. The maximum absolute atomic E-state index is 11.9. The predicted molar refractivity (Wildman–Crippen MR) is 105 cm³/mol. The summed E-state index contributed by atoms with van der Waals surface area (Å²) in [5.41, 5.74) is 8.92. The lowest BCUT2D eigenvalue weighted by molar-refractivity contribution is -0.143. The first kappa shape index (κ1) is 20.3. The van der Waals surface area contributed by atoms with Gasteiger partial charge in [0.2, 0.25) is 0 Å². The standard InChI is InChI=1S/C19H26N6O2/c1-5-17-13(9-14(20)10-21-17)7-12(4)8-15(18-22-24-25-23-18)16(19(26)27)6-11(2)3/h5,7,9-11,15-16H,1,6,8,20H2,2-4H3,(H,26,27)(H,22,23,24,25)/b12-7+. The van der Waals surface area contributed by atoms with Crippen molar-refractivity contribution in [3.05, 3.63) is 41.5 Å². The van der Waals surface area contributed by atoms with Crippen molar-refractivity contribution in [3.63, 3.8) is 0 Å². The van der Waals surface area contributed by atoms with Crippen LogP contribution < -0.4 is 5.73 Å². The molecule has 0 aliphatic carbocycles. The van der Waals surface area contributed by atoms with E-state index in [9.17, 15) is 9.90 Å². The van der Waals surface area contributed by atoms with Crippen LogP contribution in [0.25, 0.3) is 12.2 Å². The Kier molecular flexibility index (Phi) is 6.81. The van der Waals surface area contributed by atoms with Crippen LogP contribution >= 0.6 is 0 Å². The fourth-order valence-corrected chi connectivity index (χ4v) is 3.15. The monoisotopic (exact) mass is 370 g/mol. The molecule has 2 atom stereocenters. The van der Waals surface area contributed by atoms with E-state index in [4.69, 9.17) is 5.73 Å². The zero-order valence-electron chi connectivity index (χ0n) is 15.9. The Labute approximate surface area is 158 Å². The quantitative estimate of drug-likeness (QED) is 0.618. The van der Waals surface area contributed by atoms with E-state index >= 15 is 0 Å². The third kappa shape index (κ3) is 5.47. The third-order valence-electron chi connectivity index (χ3n) is 4.33. The molecule has 0 saturated carbocycles. The van der Waals surface area contributed by atoms with E-state index in [0.29, 0.717) is 24.4 Å². The normalized spacial score (nSPS) is 14.1. The Hall–Kier alpha value is -3.03. The molecule has 8 nitrogen and oxygen atoms in total. The summed E-state index contributed by atoms with van der Waals surface area (Å²) in [6.45, 7) is 9.71. The van der Waals surface area contributed by atoms with Gasteiger partial charge in [0.15, 0.2) is 5.82 Å². The van der Waals surface area contributed by atoms with Gasteiger partial charge in [-0.15, -0.1) is 10.2 Å². The smallest absolute Gasteiger partial charge is 0.307 e. The van der Waals surface area contributed by atoms with Crippen LogP contribution in [0.4, 0.5) is 5.69 Å². The number of nitrogens with one attached hydrogen (secondary N) is 1. The fraction of sp³-hybridized carbons (Fsp3) is 0.421. The maximum atomic E-state index is 11.9. The van der Waals surface area contributed by atoms with Crippen molar-refractivity contribution in [2.45, 2.75) is 39.5 Å². The zero-order chi connectivity index (χ0) is 20.0. The molecule has 2 unspecified atom stereocenters. The van der Waals surface area contributed by atoms with E-state index in [2.05, 4.69) is 32.2 Å². The van der Waals surface area contributed by atoms with Crippen molar-refractivity contribution >= 4 is 23.8 Å². The number of nitrogens with two attached hydrogens (primary N) is 1. The van der Waals surface area contributed by atoms with Gasteiger partial charge in [0.05, 0.1) is 23.5 Å². The first-order valence-electron chi connectivity index (χ1n) is 8.83. The molecule has 2 aromatic rings. The number of carboxylic acid groups (broad SMARTS) is 1. The van der Waals surface area contributed by atoms with Gasteiger partial charge >= 0.3 is 5.97 Å². The Morgan fingerprint density at radius 1 is 1.44 bits per heavy atom. The van der Waals surface area contributed by atoms with E-state index < -0.39 is 11.9 Å². The number of nitrogen functional groups attached to an aromatic ring is 1. The number of H-pyrrole nitrogens is 1. The van der Waals surface area contributed by atoms with Gasteiger partial charge < -0.3 is 10.8 Å². The van der Waals surface area contributed by atoms with Crippen molar-refractivity contribution in [2.24, 2.45) is 11.8 Å². The molecule has 0 radical (unpaired) electrons. The second kappa shape index (κ2) is 9.07. The maximum Gasteiger partial charge on any atom is 0.307 e. The molecule has 0 bridgehead atoms. The lowest BCUT2D eigenvalue weighted by atomic mass is 9.81. The molecule has 144 valence electrons. The molecule has 4 N–H and O–H groups in total. The van der Waals surface area contributed by atoms with Crippen molar-refractivity contribution < 1.29 is 9.90 Å². The van der Waals surface area contributed by atoms with Gasteiger partial charge in [0.25, 0.3) is 0 Å². The number of hydrogen-bond acceptors (Lipinski definition) is 6. The number of carboxylic acids is 1. The summed E-state index contributed by atoms with van der Waals surface area (Å²) < 4.78 is 0. The minimum atomic E-state index is -0.858. The van der Waals surface area contributed by atoms with E-state index in [1.54, 1.807) is 12.3 Å². The van der Waals surface area contributed by atoms with Gasteiger partial charge in [0, 0.05) is 11.5 Å². The molecular formula is C19H26N6O2. The highest BCUT2D eigenvalue weighted by Gasteiger charge is 2.33. The number of allylic oxidation sites excluding steroid dienone is 1. The van der Waals surface area contributed by atoms with Gasteiger partial charge in [-0.2, -0.15) is 5.21 Å². The van der Waals surface area contributed by atoms with Crippen molar-refractivity contribution in [1.82, 2.24) is 25.6 Å². The Morgan fingerprint density at radius 2 is 2.19 bits per heavy atom. The number of aliphatic carboxylic acids is 1. The predicted octanol–water partition coefficient (Wildman–Crippen LogP) is 3.14. The number of hydrogen-bond donors (Lipinski definition) is 3. The summed E-state index contributed by atoms with van der Waals surface area (Å²) in [5, 5.41) is 23.9. The van der Waals surface area contributed by atoms with Gasteiger partial charge in [-0.1, -0.05) is 37.3 Å². The molecule has 0 amide bonds. The molecule has 0 fully saturated rings. The molecule has 2 heterocycles. The summed E-state index contributed by atoms with van der Waals surface area (Å²) in [4.78, 5) is 16.2. The molecule has 0 aliphatic rings. The van der Waals surface area contributed by atoms with Crippen LogP contribution in [0.5, 0.6) is 0 Å². The van der Waals surface area contributed by atoms with Crippen molar-refractivity contribution in [1.29, 1.82) is 0 Å². The van der Waals surface area contributed by atoms with E-state index in [1.807, 2.05) is 32.9 Å². The number of rotatable bonds is 9. The highest BCUT2D eigenvalue weighted by molar-refractivity contribution is 5.71. The number of nitrogens with zero attached hydrogens (tertiary/aromatic N) is 4. The van der Waals surface area contributed by atoms with Crippen LogP contribution in [-0.2, 0) is 4.79 Å². The first-order valence-corrected chi connectivity index (χ1v) is 8.83. The molecule has 27 heavy (non-hydrogen) atoms. The summed E-state index contributed by atoms with van der Waals surface area (Å²) >= 11 is 0. The number of aromatic amines is 1. The average Bonchev–Trinajstić information content (AvgIpc) is 3.12. The Bertz CT molecular complexity index is 814. The van der Waals surface area contributed by atoms with Crippen LogP contribution in [-0.4, -0.2) is 36.7 Å². The minimum Gasteiger partial charge on any atom is -0.481 e. The number of tetrazole rings is 1. The number of aromatic nitrogens is 5. The fourth-order valence-electron chi connectivity index (χ4n) is 3.15. The third-order valence-corrected chi connectivity index (χ3v) is 4.33. The molecule has 2 rings (SSSR count). The second-order valence-corrected chi connectivity index (χ2v) is 7.09. The zero-order valence-corrected chi connectivity index (χ0v) is 15.9. The number of carbonyl (C=O) groups is 1. The molecule has 0 aromatic carbocycles. The molecule has 8 heteroatoms. The van der Waals surface area contributed by atoms with Gasteiger partial charge in [-0.25, -0.2) is 0 Å². The number of anilines is 1. The highest BCUT2D eigenvalue weighted by Crippen LogP contribution is 2.34. The molecule has 0 aliphatic heterocycles. The summed E-state index contributed by atoms with van der Waals surface area (Å²) in [6.07, 6.45) is 6.19. The van der Waals surface area contributed by atoms with Crippen LogP contribution in [0.15, 0.2) is 24.4 Å². The largest absolute Gasteiger partial charge is 0.481 e. The Balaban J connectivity index is 2.36. The van der Waals surface area contributed by atoms with Crippen LogP contribution in [0.3, 0.4) is 0 Å². The van der Waals surface area contributed by atoms with Gasteiger partial charge in [-0.05, 0) is 37.8 Å². The van der Waals surface area contributed by atoms with E-state index in [-0.39, 0.29) is 11.8 Å². The van der Waals surface area contributed by atoms with Crippen molar-refractivity contribution in [2.75, 3.05) is 5.73 Å². The van der Waals surface area contributed by atoms with E-state index in [1.165, 1.54) is 0 Å². The second-order valence-electron chi connectivity index (χ2n) is 7.09. The van der Waals surface area contributed by atoms with Gasteiger partial charge in [0.1, 0.15) is 0 Å². The summed E-state index contributed by atoms with van der Waals surface area (Å²) in [7, 11) is 0. The van der Waals surface area contributed by atoms with Crippen molar-refractivity contribution in [3.8, 4) is 0 Å². The van der Waals surface area contributed by atoms with Gasteiger partial charge in [-0.3, -0.25) is 9.78 Å². The Morgan fingerprint density at radius 3 is 2.74 bits per heavy atom. The van der Waals surface area contributed by atoms with Crippen LogP contribution in [0.2, 0.25) is 0 Å². The minimum absolute atomic E-state index is 0.232. The highest BCUT2D eigenvalue weighted by atomic mass is 16.4. The average molecular weight is 370 g/mol. The summed E-state index contributed by atoms with van der Waals surface area (Å²) in [6, 6.07) is 1.82. The number of pyridine rings is 1.